The predicted molar refractivity (Wildman–Crippen MR) is 124 cm³/mol. The fourth-order valence-electron chi connectivity index (χ4n) is 4.26. The lowest BCUT2D eigenvalue weighted by Gasteiger charge is -2.26. The van der Waals surface area contributed by atoms with Gasteiger partial charge in [0.05, 0.1) is 6.54 Å². The van der Waals surface area contributed by atoms with Gasteiger partial charge in [-0.05, 0) is 56.6 Å². The van der Waals surface area contributed by atoms with E-state index in [9.17, 15) is 4.79 Å². The molecule has 0 aromatic carbocycles. The molecule has 1 saturated heterocycles. The van der Waals surface area contributed by atoms with Crippen LogP contribution >= 0.6 is 0 Å². The van der Waals surface area contributed by atoms with Gasteiger partial charge in [-0.2, -0.15) is 0 Å². The van der Waals surface area contributed by atoms with Crippen LogP contribution in [0.2, 0.25) is 0 Å². The average molecular weight is 430 g/mol. The number of rotatable bonds is 7. The maximum absolute atomic E-state index is 12.2. The van der Waals surface area contributed by atoms with E-state index < -0.39 is 0 Å². The molecular formula is C24H39N5O2. The summed E-state index contributed by atoms with van der Waals surface area (Å²) >= 11 is 0. The van der Waals surface area contributed by atoms with Gasteiger partial charge >= 0.3 is 0 Å². The van der Waals surface area contributed by atoms with Gasteiger partial charge in [0, 0.05) is 43.9 Å². The highest BCUT2D eigenvalue weighted by atomic mass is 16.5. The molecule has 1 aliphatic heterocycles. The van der Waals surface area contributed by atoms with Crippen molar-refractivity contribution in [3.05, 3.63) is 23.9 Å². The van der Waals surface area contributed by atoms with Gasteiger partial charge < -0.3 is 20.3 Å². The molecule has 0 spiro atoms. The topological polar surface area (TPSA) is 78.9 Å². The summed E-state index contributed by atoms with van der Waals surface area (Å²) in [6.07, 6.45) is 7.70. The van der Waals surface area contributed by atoms with Gasteiger partial charge in [-0.25, -0.2) is 9.98 Å². The molecule has 0 bridgehead atoms. The highest BCUT2D eigenvalue weighted by molar-refractivity contribution is 5.81. The molecule has 1 amide bonds. The first kappa shape index (κ1) is 23.4. The van der Waals surface area contributed by atoms with Crippen molar-refractivity contribution in [2.24, 2.45) is 16.8 Å². The van der Waals surface area contributed by atoms with Crippen molar-refractivity contribution >= 4 is 11.9 Å². The minimum atomic E-state index is 0.0424. The Labute approximate surface area is 187 Å². The minimum absolute atomic E-state index is 0.0424. The number of ether oxygens (including phenoxy) is 1. The van der Waals surface area contributed by atoms with Gasteiger partial charge in [-0.15, -0.1) is 0 Å². The number of likely N-dealkylation sites (tertiary alicyclic amines) is 1. The molecular weight excluding hydrogens is 390 g/mol. The van der Waals surface area contributed by atoms with Gasteiger partial charge in [0.15, 0.2) is 5.96 Å². The molecule has 1 aliphatic carbocycles. The molecule has 2 heterocycles. The van der Waals surface area contributed by atoms with E-state index in [2.05, 4.69) is 29.5 Å². The Balaban J connectivity index is 1.55. The Morgan fingerprint density at radius 3 is 2.77 bits per heavy atom. The van der Waals surface area contributed by atoms with Crippen molar-refractivity contribution in [1.29, 1.82) is 0 Å². The second-order valence-electron chi connectivity index (χ2n) is 9.27. The fourth-order valence-corrected chi connectivity index (χ4v) is 4.26. The summed E-state index contributed by atoms with van der Waals surface area (Å²) in [6.45, 7) is 11.2. The van der Waals surface area contributed by atoms with E-state index in [-0.39, 0.29) is 24.0 Å². The van der Waals surface area contributed by atoms with Crippen LogP contribution in [0.5, 0.6) is 5.88 Å². The Hall–Kier alpha value is -2.31. The second-order valence-corrected chi connectivity index (χ2v) is 9.27. The van der Waals surface area contributed by atoms with Crippen LogP contribution in [-0.2, 0) is 11.3 Å². The zero-order valence-corrected chi connectivity index (χ0v) is 19.6. The Morgan fingerprint density at radius 2 is 2.06 bits per heavy atom. The van der Waals surface area contributed by atoms with Crippen LogP contribution in [0.1, 0.15) is 65.4 Å². The van der Waals surface area contributed by atoms with Gasteiger partial charge in [-0.3, -0.25) is 4.79 Å². The van der Waals surface area contributed by atoms with Crippen molar-refractivity contribution in [3.63, 3.8) is 0 Å². The number of hydrogen-bond acceptors (Lipinski definition) is 4. The van der Waals surface area contributed by atoms with E-state index in [0.29, 0.717) is 12.4 Å². The third kappa shape index (κ3) is 7.11. The summed E-state index contributed by atoms with van der Waals surface area (Å²) in [7, 11) is 0. The van der Waals surface area contributed by atoms with Gasteiger partial charge in [0.2, 0.25) is 11.8 Å². The van der Waals surface area contributed by atoms with Crippen LogP contribution in [-0.4, -0.2) is 53.5 Å². The molecule has 1 unspecified atom stereocenters. The first-order chi connectivity index (χ1) is 14.9. The monoisotopic (exact) mass is 429 g/mol. The SMILES string of the molecule is CCNC(=NCc1ccnc(OC2CCC(C)CC2)c1)NC1CCN(C(=O)C(C)C)C1. The number of hydrogen-bond donors (Lipinski definition) is 2. The fraction of sp³-hybridized carbons (Fsp3) is 0.708. The number of amides is 1. The minimum Gasteiger partial charge on any atom is -0.474 e. The first-order valence-corrected chi connectivity index (χ1v) is 11.9. The molecule has 7 nitrogen and oxygen atoms in total. The van der Waals surface area contributed by atoms with Crippen LogP contribution < -0.4 is 15.4 Å². The standard InChI is InChI=1S/C24H39N5O2/c1-5-25-24(28-20-11-13-29(16-20)23(30)17(2)3)27-15-19-10-12-26-22(14-19)31-21-8-6-18(4)7-9-21/h10,12,14,17-18,20-21H,5-9,11,13,15-16H2,1-4H3,(H2,25,27,28). The molecule has 1 aromatic heterocycles. The molecule has 172 valence electrons. The number of carbonyl (C=O) groups is 1. The summed E-state index contributed by atoms with van der Waals surface area (Å²) in [4.78, 5) is 23.3. The summed E-state index contributed by atoms with van der Waals surface area (Å²) < 4.78 is 6.13. The molecule has 2 fully saturated rings. The smallest absolute Gasteiger partial charge is 0.225 e. The van der Waals surface area contributed by atoms with Gasteiger partial charge in [0.25, 0.3) is 0 Å². The van der Waals surface area contributed by atoms with Gasteiger partial charge in [0.1, 0.15) is 6.10 Å². The van der Waals surface area contributed by atoms with Crippen LogP contribution in [0.3, 0.4) is 0 Å². The quantitative estimate of drug-likeness (QED) is 0.513. The van der Waals surface area contributed by atoms with Gasteiger partial charge in [-0.1, -0.05) is 20.8 Å². The van der Waals surface area contributed by atoms with Crippen molar-refractivity contribution in [2.75, 3.05) is 19.6 Å². The number of nitrogens with one attached hydrogen (secondary N) is 2. The number of aliphatic imine (C=N–C) groups is 1. The lowest BCUT2D eigenvalue weighted by Crippen LogP contribution is -2.45. The van der Waals surface area contributed by atoms with E-state index in [4.69, 9.17) is 9.73 Å². The van der Waals surface area contributed by atoms with Crippen molar-refractivity contribution in [3.8, 4) is 5.88 Å². The second kappa shape index (κ2) is 11.3. The lowest BCUT2D eigenvalue weighted by molar-refractivity contribution is -0.133. The zero-order valence-electron chi connectivity index (χ0n) is 19.6. The summed E-state index contributed by atoms with van der Waals surface area (Å²) in [5, 5.41) is 6.81. The Morgan fingerprint density at radius 1 is 1.29 bits per heavy atom. The summed E-state index contributed by atoms with van der Waals surface area (Å²) in [5.74, 6) is 2.56. The molecule has 31 heavy (non-hydrogen) atoms. The molecule has 3 rings (SSSR count). The van der Waals surface area contributed by atoms with Crippen molar-refractivity contribution in [1.82, 2.24) is 20.5 Å². The normalized spacial score (nSPS) is 24.4. The number of guanidine groups is 1. The maximum atomic E-state index is 12.2. The van der Waals surface area contributed by atoms with Crippen LogP contribution in [0.15, 0.2) is 23.3 Å². The molecule has 2 aliphatic rings. The van der Waals surface area contributed by atoms with Crippen LogP contribution in [0.25, 0.3) is 0 Å². The average Bonchev–Trinajstić information content (AvgIpc) is 3.22. The van der Waals surface area contributed by atoms with Crippen LogP contribution in [0, 0.1) is 11.8 Å². The summed E-state index contributed by atoms with van der Waals surface area (Å²) in [6, 6.07) is 4.22. The summed E-state index contributed by atoms with van der Waals surface area (Å²) in [5.41, 5.74) is 1.08. The third-order valence-corrected chi connectivity index (χ3v) is 6.15. The highest BCUT2D eigenvalue weighted by Crippen LogP contribution is 2.26. The molecule has 7 heteroatoms. The Kier molecular flexibility index (Phi) is 8.55. The van der Waals surface area contributed by atoms with Crippen molar-refractivity contribution in [2.45, 2.75) is 78.5 Å². The van der Waals surface area contributed by atoms with E-state index >= 15 is 0 Å². The first-order valence-electron chi connectivity index (χ1n) is 11.9. The van der Waals surface area contributed by atoms with Crippen LogP contribution in [0.4, 0.5) is 0 Å². The number of pyridine rings is 1. The van der Waals surface area contributed by atoms with E-state index in [1.54, 1.807) is 6.20 Å². The molecule has 1 saturated carbocycles. The molecule has 2 N–H and O–H groups in total. The van der Waals surface area contributed by atoms with Crippen molar-refractivity contribution < 1.29 is 9.53 Å². The highest BCUT2D eigenvalue weighted by Gasteiger charge is 2.28. The maximum Gasteiger partial charge on any atom is 0.225 e. The van der Waals surface area contributed by atoms with E-state index in [0.717, 1.165) is 56.3 Å². The predicted octanol–water partition coefficient (Wildman–Crippen LogP) is 3.35. The Bertz CT molecular complexity index is 743. The number of carbonyl (C=O) groups excluding carboxylic acids is 1. The van der Waals surface area contributed by atoms with E-state index in [1.165, 1.54) is 12.8 Å². The number of aromatic nitrogens is 1. The largest absolute Gasteiger partial charge is 0.474 e. The zero-order chi connectivity index (χ0) is 22.2. The molecule has 1 aromatic rings. The molecule has 0 radical (unpaired) electrons. The third-order valence-electron chi connectivity index (χ3n) is 6.15. The lowest BCUT2D eigenvalue weighted by atomic mass is 9.89. The molecule has 1 atom stereocenters. The number of nitrogens with zero attached hydrogens (tertiary/aromatic N) is 3. The van der Waals surface area contributed by atoms with E-state index in [1.807, 2.05) is 30.9 Å².